The predicted octanol–water partition coefficient (Wildman–Crippen LogP) is 2.78. The average Bonchev–Trinajstić information content (AvgIpc) is 3.26. The Kier molecular flexibility index (Phi) is 4.43. The lowest BCUT2D eigenvalue weighted by Gasteiger charge is -2.39. The molecule has 2 saturated heterocycles. The lowest BCUT2D eigenvalue weighted by atomic mass is 9.88. The molecule has 2 aromatic heterocycles. The number of furan rings is 1. The van der Waals surface area contributed by atoms with Gasteiger partial charge in [-0.15, -0.1) is 0 Å². The number of piperidine rings is 1. The van der Waals surface area contributed by atoms with Crippen molar-refractivity contribution >= 4 is 5.82 Å². The number of rotatable bonds is 4. The number of anilines is 1. The molecule has 2 fully saturated rings. The smallest absolute Gasteiger partial charge is 0.142 e. The first-order valence-corrected chi connectivity index (χ1v) is 8.76. The number of nitrogens with one attached hydrogen (secondary N) is 1. The minimum Gasteiger partial charge on any atom is -0.472 e. The highest BCUT2D eigenvalue weighted by molar-refractivity contribution is 5.39. The molecule has 2 aliphatic rings. The Bertz CT molecular complexity index is 755. The van der Waals surface area contributed by atoms with Crippen LogP contribution in [0.2, 0.25) is 0 Å². The maximum atomic E-state index is 8.98. The molecule has 4 rings (SSSR count). The predicted molar refractivity (Wildman–Crippen MR) is 92.9 cm³/mol. The molecule has 1 spiro atoms. The fourth-order valence-electron chi connectivity index (χ4n) is 3.97. The molecule has 4 heterocycles. The van der Waals surface area contributed by atoms with E-state index in [1.165, 1.54) is 5.56 Å². The SMILES string of the molecule is N#Cc1cccc(N[C@H]2CO[C@@]3(CCCN(Cc4ccoc4)C3)C2)n1. The summed E-state index contributed by atoms with van der Waals surface area (Å²) in [5, 5.41) is 12.4. The molecule has 25 heavy (non-hydrogen) atoms. The van der Waals surface area contributed by atoms with Crippen LogP contribution in [0.3, 0.4) is 0 Å². The second-order valence-corrected chi connectivity index (χ2v) is 7.01. The molecule has 6 nitrogen and oxygen atoms in total. The zero-order valence-corrected chi connectivity index (χ0v) is 14.1. The summed E-state index contributed by atoms with van der Waals surface area (Å²) in [6, 6.07) is 9.80. The summed E-state index contributed by atoms with van der Waals surface area (Å²) in [5.41, 5.74) is 1.57. The van der Waals surface area contributed by atoms with Crippen LogP contribution in [0.4, 0.5) is 5.82 Å². The molecule has 0 radical (unpaired) electrons. The van der Waals surface area contributed by atoms with Crippen LogP contribution in [-0.2, 0) is 11.3 Å². The Balaban J connectivity index is 1.38. The van der Waals surface area contributed by atoms with Crippen molar-refractivity contribution in [1.29, 1.82) is 5.26 Å². The van der Waals surface area contributed by atoms with Gasteiger partial charge in [-0.05, 0) is 37.6 Å². The van der Waals surface area contributed by atoms with Crippen molar-refractivity contribution in [1.82, 2.24) is 9.88 Å². The topological polar surface area (TPSA) is 74.3 Å². The fraction of sp³-hybridized carbons (Fsp3) is 0.474. The van der Waals surface area contributed by atoms with Gasteiger partial charge in [0.15, 0.2) is 0 Å². The van der Waals surface area contributed by atoms with Crippen LogP contribution in [-0.4, -0.2) is 41.2 Å². The molecule has 0 aromatic carbocycles. The van der Waals surface area contributed by atoms with Crippen LogP contribution in [0.1, 0.15) is 30.5 Å². The quantitative estimate of drug-likeness (QED) is 0.924. The number of ether oxygens (including phenoxy) is 1. The first-order valence-electron chi connectivity index (χ1n) is 8.76. The van der Waals surface area contributed by atoms with Crippen molar-refractivity contribution < 1.29 is 9.15 Å². The van der Waals surface area contributed by atoms with E-state index < -0.39 is 0 Å². The highest BCUT2D eigenvalue weighted by Gasteiger charge is 2.43. The van der Waals surface area contributed by atoms with Crippen molar-refractivity contribution in [3.8, 4) is 6.07 Å². The maximum Gasteiger partial charge on any atom is 0.142 e. The Morgan fingerprint density at radius 1 is 1.40 bits per heavy atom. The van der Waals surface area contributed by atoms with E-state index in [9.17, 15) is 0 Å². The Morgan fingerprint density at radius 2 is 2.36 bits per heavy atom. The van der Waals surface area contributed by atoms with Crippen LogP contribution in [0.15, 0.2) is 41.2 Å². The number of nitriles is 1. The zero-order valence-electron chi connectivity index (χ0n) is 14.1. The molecule has 0 bridgehead atoms. The zero-order chi connectivity index (χ0) is 17.1. The van der Waals surface area contributed by atoms with Crippen LogP contribution in [0, 0.1) is 11.3 Å². The van der Waals surface area contributed by atoms with E-state index >= 15 is 0 Å². The molecule has 2 aliphatic heterocycles. The molecule has 0 amide bonds. The van der Waals surface area contributed by atoms with Crippen molar-refractivity contribution in [3.05, 3.63) is 48.0 Å². The highest BCUT2D eigenvalue weighted by Crippen LogP contribution is 2.36. The van der Waals surface area contributed by atoms with Gasteiger partial charge >= 0.3 is 0 Å². The Hall–Kier alpha value is -2.36. The molecule has 0 unspecified atom stereocenters. The van der Waals surface area contributed by atoms with E-state index in [0.717, 1.165) is 44.7 Å². The summed E-state index contributed by atoms with van der Waals surface area (Å²) >= 11 is 0. The van der Waals surface area contributed by atoms with Crippen LogP contribution in [0.25, 0.3) is 0 Å². The summed E-state index contributed by atoms with van der Waals surface area (Å²) in [7, 11) is 0. The Labute approximate surface area is 147 Å². The first-order chi connectivity index (χ1) is 12.2. The molecule has 1 N–H and O–H groups in total. The van der Waals surface area contributed by atoms with Gasteiger partial charge in [-0.1, -0.05) is 6.07 Å². The van der Waals surface area contributed by atoms with Gasteiger partial charge in [-0.3, -0.25) is 4.90 Å². The van der Waals surface area contributed by atoms with Gasteiger partial charge in [-0.25, -0.2) is 4.98 Å². The molecule has 2 aromatic rings. The minimum atomic E-state index is -0.0769. The standard InChI is InChI=1S/C19H22N4O2/c20-10-16-3-1-4-18(21-16)22-17-9-19(25-13-17)6-2-7-23(14-19)11-15-5-8-24-12-15/h1,3-5,8,12,17H,2,6-7,9,11,13-14H2,(H,21,22)/t17-,19+/m1/s1. The molecular weight excluding hydrogens is 316 g/mol. The van der Waals surface area contributed by atoms with Gasteiger partial charge in [0.25, 0.3) is 0 Å². The third-order valence-electron chi connectivity index (χ3n) is 5.03. The highest BCUT2D eigenvalue weighted by atomic mass is 16.5. The normalized spacial score (nSPS) is 26.6. The second-order valence-electron chi connectivity index (χ2n) is 7.01. The fourth-order valence-corrected chi connectivity index (χ4v) is 3.97. The van der Waals surface area contributed by atoms with E-state index in [1.807, 2.05) is 24.5 Å². The van der Waals surface area contributed by atoms with Crippen molar-refractivity contribution in [3.63, 3.8) is 0 Å². The van der Waals surface area contributed by atoms with Crippen molar-refractivity contribution in [2.75, 3.05) is 25.0 Å². The third-order valence-corrected chi connectivity index (χ3v) is 5.03. The number of nitrogens with zero attached hydrogens (tertiary/aromatic N) is 3. The Morgan fingerprint density at radius 3 is 3.20 bits per heavy atom. The summed E-state index contributed by atoms with van der Waals surface area (Å²) in [6.45, 7) is 3.63. The minimum absolute atomic E-state index is 0.0769. The number of pyridine rings is 1. The summed E-state index contributed by atoms with van der Waals surface area (Å²) < 4.78 is 11.4. The van der Waals surface area contributed by atoms with Gasteiger partial charge in [0.05, 0.1) is 30.8 Å². The number of aromatic nitrogens is 1. The monoisotopic (exact) mass is 338 g/mol. The number of hydrogen-bond acceptors (Lipinski definition) is 6. The van der Waals surface area contributed by atoms with E-state index in [-0.39, 0.29) is 11.6 Å². The van der Waals surface area contributed by atoms with E-state index in [4.69, 9.17) is 14.4 Å². The second kappa shape index (κ2) is 6.87. The van der Waals surface area contributed by atoms with Gasteiger partial charge < -0.3 is 14.5 Å². The van der Waals surface area contributed by atoms with Gasteiger partial charge in [0.2, 0.25) is 0 Å². The van der Waals surface area contributed by atoms with Crippen molar-refractivity contribution in [2.24, 2.45) is 0 Å². The van der Waals surface area contributed by atoms with Gasteiger partial charge in [0.1, 0.15) is 17.6 Å². The maximum absolute atomic E-state index is 8.98. The van der Waals surface area contributed by atoms with Gasteiger partial charge in [-0.2, -0.15) is 5.26 Å². The van der Waals surface area contributed by atoms with E-state index in [2.05, 4.69) is 21.3 Å². The lowest BCUT2D eigenvalue weighted by Crippen LogP contribution is -2.47. The van der Waals surface area contributed by atoms with Crippen LogP contribution in [0.5, 0.6) is 0 Å². The number of likely N-dealkylation sites (tertiary alicyclic amines) is 1. The molecule has 6 heteroatoms. The third kappa shape index (κ3) is 3.68. The number of hydrogen-bond donors (Lipinski definition) is 1. The van der Waals surface area contributed by atoms with E-state index in [1.54, 1.807) is 12.3 Å². The molecule has 0 aliphatic carbocycles. The summed E-state index contributed by atoms with van der Waals surface area (Å²) in [5.74, 6) is 0.746. The summed E-state index contributed by atoms with van der Waals surface area (Å²) in [6.07, 6.45) is 6.75. The van der Waals surface area contributed by atoms with Crippen LogP contribution >= 0.6 is 0 Å². The molecule has 130 valence electrons. The van der Waals surface area contributed by atoms with E-state index in [0.29, 0.717) is 12.3 Å². The molecular formula is C19H22N4O2. The largest absolute Gasteiger partial charge is 0.472 e. The average molecular weight is 338 g/mol. The molecule has 2 atom stereocenters. The van der Waals surface area contributed by atoms with Crippen LogP contribution < -0.4 is 5.32 Å². The van der Waals surface area contributed by atoms with Crippen molar-refractivity contribution in [2.45, 2.75) is 37.5 Å². The summed E-state index contributed by atoms with van der Waals surface area (Å²) in [4.78, 5) is 6.75. The molecule has 0 saturated carbocycles. The first kappa shape index (κ1) is 16.1. The van der Waals surface area contributed by atoms with Gasteiger partial charge in [0, 0.05) is 25.1 Å². The lowest BCUT2D eigenvalue weighted by molar-refractivity contribution is -0.0533.